The van der Waals surface area contributed by atoms with Gasteiger partial charge in [0, 0.05) is 36.0 Å². The Kier molecular flexibility index (Phi) is 4.84. The first kappa shape index (κ1) is 19.1. The quantitative estimate of drug-likeness (QED) is 0.616. The van der Waals surface area contributed by atoms with Crippen LogP contribution in [0.2, 0.25) is 0 Å². The second-order valence-corrected chi connectivity index (χ2v) is 7.09. The Labute approximate surface area is 163 Å². The lowest BCUT2D eigenvalue weighted by Gasteiger charge is -2.13. The number of aliphatic hydroxyl groups is 1. The minimum atomic E-state index is -4.53. The van der Waals surface area contributed by atoms with E-state index in [2.05, 4.69) is 25.3 Å². The van der Waals surface area contributed by atoms with Crippen molar-refractivity contribution >= 4 is 17.0 Å². The van der Waals surface area contributed by atoms with Crippen molar-refractivity contribution in [2.24, 2.45) is 5.92 Å². The maximum atomic E-state index is 13.1. The number of nitriles is 1. The van der Waals surface area contributed by atoms with Crippen molar-refractivity contribution in [1.29, 1.82) is 5.26 Å². The molecule has 7 nitrogen and oxygen atoms in total. The zero-order chi connectivity index (χ0) is 20.6. The number of aromatic amines is 1. The molecule has 2 atom stereocenters. The third kappa shape index (κ3) is 3.73. The van der Waals surface area contributed by atoms with Gasteiger partial charge in [0.1, 0.15) is 11.7 Å². The van der Waals surface area contributed by atoms with Crippen LogP contribution in [0, 0.1) is 17.2 Å². The number of aliphatic hydroxyl groups excluding tert-OH is 1. The predicted octanol–water partition coefficient (Wildman–Crippen LogP) is 3.48. The summed E-state index contributed by atoms with van der Waals surface area (Å²) < 4.78 is 39.3. The van der Waals surface area contributed by atoms with Gasteiger partial charge in [-0.2, -0.15) is 18.4 Å². The second-order valence-electron chi connectivity index (χ2n) is 7.09. The SMILES string of the molecule is N#Cc1cnc(N[C@@H]2CC[C@H](CO)C2)nc1-c1c[nH]c2ncc(C(F)(F)F)cc12. The Balaban J connectivity index is 1.73. The van der Waals surface area contributed by atoms with Gasteiger partial charge in [0.05, 0.1) is 23.0 Å². The van der Waals surface area contributed by atoms with Crippen molar-refractivity contribution in [1.82, 2.24) is 19.9 Å². The minimum Gasteiger partial charge on any atom is -0.396 e. The number of anilines is 1. The van der Waals surface area contributed by atoms with Gasteiger partial charge >= 0.3 is 6.18 Å². The highest BCUT2D eigenvalue weighted by atomic mass is 19.4. The summed E-state index contributed by atoms with van der Waals surface area (Å²) in [5.41, 5.74) is 0.118. The number of nitrogens with zero attached hydrogens (tertiary/aromatic N) is 4. The van der Waals surface area contributed by atoms with E-state index in [1.807, 2.05) is 6.07 Å². The Bertz CT molecular complexity index is 1090. The molecule has 0 radical (unpaired) electrons. The molecule has 4 rings (SSSR count). The summed E-state index contributed by atoms with van der Waals surface area (Å²) in [5, 5.41) is 22.1. The molecule has 0 amide bonds. The number of halogens is 3. The van der Waals surface area contributed by atoms with E-state index < -0.39 is 11.7 Å². The van der Waals surface area contributed by atoms with Gasteiger partial charge in [0.2, 0.25) is 5.95 Å². The van der Waals surface area contributed by atoms with Crippen LogP contribution in [-0.4, -0.2) is 37.7 Å². The molecule has 1 aliphatic carbocycles. The summed E-state index contributed by atoms with van der Waals surface area (Å²) in [6.07, 6.45) is 1.60. The minimum absolute atomic E-state index is 0.0920. The Morgan fingerprint density at radius 1 is 1.28 bits per heavy atom. The molecule has 0 aromatic carbocycles. The summed E-state index contributed by atoms with van der Waals surface area (Å²) in [4.78, 5) is 15.2. The molecule has 29 heavy (non-hydrogen) atoms. The molecule has 10 heteroatoms. The zero-order valence-corrected chi connectivity index (χ0v) is 15.2. The van der Waals surface area contributed by atoms with Gasteiger partial charge in [0.25, 0.3) is 0 Å². The predicted molar refractivity (Wildman–Crippen MR) is 98.7 cm³/mol. The number of aromatic nitrogens is 4. The van der Waals surface area contributed by atoms with Crippen LogP contribution in [-0.2, 0) is 6.18 Å². The number of alkyl halides is 3. The van der Waals surface area contributed by atoms with Gasteiger partial charge in [-0.1, -0.05) is 0 Å². The average Bonchev–Trinajstić information content (AvgIpc) is 3.33. The third-order valence-electron chi connectivity index (χ3n) is 5.16. The first-order valence-electron chi connectivity index (χ1n) is 9.08. The van der Waals surface area contributed by atoms with Crippen LogP contribution in [0.1, 0.15) is 30.4 Å². The number of nitrogens with one attached hydrogen (secondary N) is 2. The topological polar surface area (TPSA) is 111 Å². The van der Waals surface area contributed by atoms with Gasteiger partial charge in [-0.25, -0.2) is 15.0 Å². The second kappa shape index (κ2) is 7.33. The van der Waals surface area contributed by atoms with Crippen molar-refractivity contribution in [3.8, 4) is 17.3 Å². The molecule has 1 aliphatic rings. The molecule has 3 heterocycles. The van der Waals surface area contributed by atoms with E-state index in [-0.39, 0.29) is 46.8 Å². The third-order valence-corrected chi connectivity index (χ3v) is 5.16. The van der Waals surface area contributed by atoms with E-state index in [1.165, 1.54) is 12.4 Å². The normalized spacial score (nSPS) is 19.4. The van der Waals surface area contributed by atoms with E-state index in [4.69, 9.17) is 0 Å². The Hall–Kier alpha value is -3.19. The van der Waals surface area contributed by atoms with Gasteiger partial charge in [-0.3, -0.25) is 0 Å². The van der Waals surface area contributed by atoms with Crippen LogP contribution in [0.25, 0.3) is 22.3 Å². The van der Waals surface area contributed by atoms with E-state index in [9.17, 15) is 23.5 Å². The van der Waals surface area contributed by atoms with Crippen molar-refractivity contribution in [2.75, 3.05) is 11.9 Å². The summed E-state index contributed by atoms with van der Waals surface area (Å²) in [6, 6.07) is 3.07. The first-order chi connectivity index (χ1) is 13.9. The van der Waals surface area contributed by atoms with Crippen molar-refractivity contribution in [2.45, 2.75) is 31.5 Å². The average molecular weight is 402 g/mol. The van der Waals surface area contributed by atoms with Gasteiger partial charge in [-0.15, -0.1) is 0 Å². The fourth-order valence-corrected chi connectivity index (χ4v) is 3.65. The van der Waals surface area contributed by atoms with Crippen molar-refractivity contribution < 1.29 is 18.3 Å². The van der Waals surface area contributed by atoms with Gasteiger partial charge < -0.3 is 15.4 Å². The summed E-state index contributed by atoms with van der Waals surface area (Å²) in [5.74, 6) is 0.516. The fourth-order valence-electron chi connectivity index (χ4n) is 3.65. The number of hydrogen-bond acceptors (Lipinski definition) is 6. The molecule has 3 N–H and O–H groups in total. The molecule has 0 spiro atoms. The van der Waals surface area contributed by atoms with Gasteiger partial charge in [0.15, 0.2) is 0 Å². The monoisotopic (exact) mass is 402 g/mol. The molecule has 1 saturated carbocycles. The van der Waals surface area contributed by atoms with Crippen LogP contribution in [0.15, 0.2) is 24.7 Å². The number of pyridine rings is 1. The number of hydrogen-bond donors (Lipinski definition) is 3. The van der Waals surface area contributed by atoms with Crippen LogP contribution in [0.3, 0.4) is 0 Å². The summed E-state index contributed by atoms with van der Waals surface area (Å²) in [6.45, 7) is 0.127. The van der Waals surface area contributed by atoms with E-state index >= 15 is 0 Å². The number of rotatable bonds is 4. The maximum Gasteiger partial charge on any atom is 0.417 e. The molecule has 0 bridgehead atoms. The highest BCUT2D eigenvalue weighted by Crippen LogP contribution is 2.35. The van der Waals surface area contributed by atoms with Crippen molar-refractivity contribution in [3.63, 3.8) is 0 Å². The van der Waals surface area contributed by atoms with Crippen LogP contribution in [0.4, 0.5) is 19.1 Å². The highest BCUT2D eigenvalue weighted by molar-refractivity contribution is 5.94. The molecule has 3 aromatic heterocycles. The van der Waals surface area contributed by atoms with E-state index in [1.54, 1.807) is 0 Å². The lowest BCUT2D eigenvalue weighted by atomic mass is 10.1. The largest absolute Gasteiger partial charge is 0.417 e. The fraction of sp³-hybridized carbons (Fsp3) is 0.368. The molecule has 150 valence electrons. The molecule has 0 aliphatic heterocycles. The molecule has 0 unspecified atom stereocenters. The van der Waals surface area contributed by atoms with Crippen LogP contribution in [0.5, 0.6) is 0 Å². The van der Waals surface area contributed by atoms with Crippen LogP contribution < -0.4 is 5.32 Å². The molecule has 1 fully saturated rings. The lowest BCUT2D eigenvalue weighted by Crippen LogP contribution is -2.18. The van der Waals surface area contributed by atoms with Crippen molar-refractivity contribution in [3.05, 3.63) is 35.8 Å². The number of H-pyrrole nitrogens is 1. The standard InChI is InChI=1S/C19H17F3N6O/c20-19(21,22)12-4-14-15(8-25-17(14)24-7-12)16-11(5-23)6-26-18(28-16)27-13-2-1-10(3-13)9-29/h4,6-8,10,13,29H,1-3,9H2,(H,24,25)(H,26,27,28)/t10-,13+/m0/s1. The maximum absolute atomic E-state index is 13.1. The number of fused-ring (bicyclic) bond motifs is 1. The molecular formula is C19H17F3N6O. The first-order valence-corrected chi connectivity index (χ1v) is 9.08. The summed E-state index contributed by atoms with van der Waals surface area (Å²) in [7, 11) is 0. The smallest absolute Gasteiger partial charge is 0.396 e. The molecule has 0 saturated heterocycles. The Morgan fingerprint density at radius 3 is 2.79 bits per heavy atom. The Morgan fingerprint density at radius 2 is 2.10 bits per heavy atom. The molecule has 3 aromatic rings. The van der Waals surface area contributed by atoms with Gasteiger partial charge in [-0.05, 0) is 31.2 Å². The zero-order valence-electron chi connectivity index (χ0n) is 15.2. The summed E-state index contributed by atoms with van der Waals surface area (Å²) >= 11 is 0. The lowest BCUT2D eigenvalue weighted by molar-refractivity contribution is -0.137. The van der Waals surface area contributed by atoms with E-state index in [0.717, 1.165) is 31.5 Å². The van der Waals surface area contributed by atoms with E-state index in [0.29, 0.717) is 5.56 Å². The van der Waals surface area contributed by atoms with Crippen LogP contribution >= 0.6 is 0 Å². The molecular weight excluding hydrogens is 385 g/mol. The highest BCUT2D eigenvalue weighted by Gasteiger charge is 2.32.